The molecule has 0 rings (SSSR count). The smallest absolute Gasteiger partial charge is 0.457 e. The van der Waals surface area contributed by atoms with E-state index >= 15 is 0 Å². The van der Waals surface area contributed by atoms with Gasteiger partial charge in [-0.3, -0.25) is 18.6 Å². The number of hydrogen-bond acceptors (Lipinski definition) is 9. The van der Waals surface area contributed by atoms with Gasteiger partial charge in [0.2, 0.25) is 0 Å². The molecule has 3 atom stereocenters. The number of unbranched alkanes of at least 4 members (excludes halogenated alkanes) is 40. The second kappa shape index (κ2) is 53.5. The first-order valence-electron chi connectivity index (χ1n) is 29.1. The number of aliphatic hydroxyl groups is 2. The average molecular weight is 987 g/mol. The molecule has 404 valence electrons. The number of hydrogen-bond donors (Lipinski definition) is 3. The van der Waals surface area contributed by atoms with E-state index in [1.807, 2.05) is 0 Å². The molecule has 0 heterocycles. The normalized spacial score (nSPS) is 13.5. The summed E-state index contributed by atoms with van der Waals surface area (Å²) in [7, 11) is -4.64. The maximum atomic E-state index is 12.5. The lowest BCUT2D eigenvalue weighted by molar-refractivity contribution is -0.153. The van der Waals surface area contributed by atoms with Crippen LogP contribution in [0.25, 0.3) is 0 Å². The van der Waals surface area contributed by atoms with E-state index in [0.29, 0.717) is 12.8 Å². The number of rotatable bonds is 56. The van der Waals surface area contributed by atoms with Crippen molar-refractivity contribution < 1.29 is 47.8 Å². The van der Waals surface area contributed by atoms with Crippen LogP contribution in [0.4, 0.5) is 0 Å². The Kier molecular flexibility index (Phi) is 52.5. The molecule has 0 amide bonds. The number of allylic oxidation sites excluding steroid dienone is 2. The fraction of sp³-hybridized carbons (Fsp3) is 0.930. The van der Waals surface area contributed by atoms with E-state index in [9.17, 15) is 29.3 Å². The molecule has 0 saturated heterocycles. The molecular formula is C57H111O10P. The van der Waals surface area contributed by atoms with Crippen molar-refractivity contribution in [2.75, 3.05) is 26.4 Å². The lowest BCUT2D eigenvalue weighted by Crippen LogP contribution is -2.28. The van der Waals surface area contributed by atoms with Gasteiger partial charge in [-0.05, 0) is 38.5 Å². The summed E-state index contributed by atoms with van der Waals surface area (Å²) in [6, 6.07) is 0. The molecular weight excluding hydrogens is 876 g/mol. The molecule has 3 unspecified atom stereocenters. The first kappa shape index (κ1) is 66.7. The maximum Gasteiger partial charge on any atom is 0.472 e. The van der Waals surface area contributed by atoms with Crippen molar-refractivity contribution in [3.05, 3.63) is 12.2 Å². The molecule has 0 aromatic heterocycles. The number of aliphatic hydroxyl groups excluding tert-OH is 2. The molecule has 3 N–H and O–H groups in total. The number of phosphoric acid groups is 1. The second-order valence-electron chi connectivity index (χ2n) is 20.0. The summed E-state index contributed by atoms with van der Waals surface area (Å²) in [5.41, 5.74) is 0. The Morgan fingerprint density at radius 1 is 0.382 bits per heavy atom. The molecule has 0 aliphatic carbocycles. The highest BCUT2D eigenvalue weighted by Gasteiger charge is 2.27. The first-order valence-corrected chi connectivity index (χ1v) is 30.6. The molecule has 0 radical (unpaired) electrons. The standard InChI is InChI=1S/C57H111O10P/c1-3-5-7-9-11-13-15-17-19-21-23-25-26-27-29-31-33-35-37-39-41-43-45-47-49-57(61)67-55(51-59)53-65-68(62,63)64-52-54(50-58)66-56(60)48-46-44-42-40-38-36-34-32-30-28-24-22-20-18-16-14-12-10-8-6-4-2/h22,24,54-55,58-59H,3-21,23,25-53H2,1-2H3,(H,62,63)/b24-22-. The summed E-state index contributed by atoms with van der Waals surface area (Å²) >= 11 is 0. The van der Waals surface area contributed by atoms with Crippen molar-refractivity contribution in [1.29, 1.82) is 0 Å². The van der Waals surface area contributed by atoms with Gasteiger partial charge >= 0.3 is 19.8 Å². The SMILES string of the molecule is CCCCCCCCCC/C=C\CCCCCCCCCCCC(=O)OC(CO)COP(=O)(O)OCC(CO)OC(=O)CCCCCCCCCCCCCCCCCCCCCCCCCC. The fourth-order valence-corrected chi connectivity index (χ4v) is 9.55. The topological polar surface area (TPSA) is 149 Å². The van der Waals surface area contributed by atoms with Gasteiger partial charge in [0.05, 0.1) is 26.4 Å². The molecule has 11 heteroatoms. The van der Waals surface area contributed by atoms with Gasteiger partial charge in [0.1, 0.15) is 12.2 Å². The van der Waals surface area contributed by atoms with Crippen molar-refractivity contribution >= 4 is 19.8 Å². The zero-order chi connectivity index (χ0) is 49.7. The summed E-state index contributed by atoms with van der Waals surface area (Å²) in [5.74, 6) is -1.00. The van der Waals surface area contributed by atoms with Crippen molar-refractivity contribution in [1.82, 2.24) is 0 Å². The molecule has 0 spiro atoms. The Labute approximate surface area is 419 Å². The molecule has 10 nitrogen and oxygen atoms in total. The van der Waals surface area contributed by atoms with Crippen LogP contribution >= 0.6 is 7.82 Å². The van der Waals surface area contributed by atoms with Crippen LogP contribution in [-0.2, 0) is 32.7 Å². The molecule has 68 heavy (non-hydrogen) atoms. The highest BCUT2D eigenvalue weighted by Crippen LogP contribution is 2.43. The second-order valence-corrected chi connectivity index (χ2v) is 21.4. The van der Waals surface area contributed by atoms with Gasteiger partial charge in [0.15, 0.2) is 0 Å². The number of esters is 2. The lowest BCUT2D eigenvalue weighted by Gasteiger charge is -2.20. The van der Waals surface area contributed by atoms with E-state index in [0.717, 1.165) is 38.5 Å². The van der Waals surface area contributed by atoms with Gasteiger partial charge in [-0.2, -0.15) is 0 Å². The zero-order valence-corrected chi connectivity index (χ0v) is 45.5. The van der Waals surface area contributed by atoms with Crippen LogP contribution in [0.5, 0.6) is 0 Å². The van der Waals surface area contributed by atoms with E-state index in [2.05, 4.69) is 26.0 Å². The van der Waals surface area contributed by atoms with Crippen LogP contribution in [0, 0.1) is 0 Å². The van der Waals surface area contributed by atoms with Crippen LogP contribution in [0.15, 0.2) is 12.2 Å². The molecule has 0 bridgehead atoms. The molecule has 0 aliphatic rings. The van der Waals surface area contributed by atoms with Crippen LogP contribution in [0.3, 0.4) is 0 Å². The van der Waals surface area contributed by atoms with E-state index in [1.54, 1.807) is 0 Å². The Morgan fingerprint density at radius 3 is 0.838 bits per heavy atom. The highest BCUT2D eigenvalue weighted by molar-refractivity contribution is 7.47. The third kappa shape index (κ3) is 51.1. The van der Waals surface area contributed by atoms with Crippen molar-refractivity contribution in [3.8, 4) is 0 Å². The highest BCUT2D eigenvalue weighted by atomic mass is 31.2. The van der Waals surface area contributed by atoms with E-state index < -0.39 is 58.4 Å². The predicted octanol–water partition coefficient (Wildman–Crippen LogP) is 17.1. The predicted molar refractivity (Wildman–Crippen MR) is 284 cm³/mol. The van der Waals surface area contributed by atoms with E-state index in [1.165, 1.54) is 225 Å². The number of phosphoric ester groups is 1. The number of ether oxygens (including phenoxy) is 2. The molecule has 0 saturated carbocycles. The summed E-state index contributed by atoms with van der Waals surface area (Å²) < 4.78 is 32.8. The Balaban J connectivity index is 3.74. The summed E-state index contributed by atoms with van der Waals surface area (Å²) in [6.07, 6.45) is 57.7. The minimum atomic E-state index is -4.64. The Morgan fingerprint density at radius 2 is 0.603 bits per heavy atom. The van der Waals surface area contributed by atoms with Gasteiger partial charge in [-0.1, -0.05) is 264 Å². The largest absolute Gasteiger partial charge is 0.472 e. The number of carbonyl (C=O) groups excluding carboxylic acids is 2. The van der Waals surface area contributed by atoms with Crippen LogP contribution in [-0.4, -0.2) is 65.7 Å². The van der Waals surface area contributed by atoms with Crippen molar-refractivity contribution in [2.24, 2.45) is 0 Å². The fourth-order valence-electron chi connectivity index (χ4n) is 8.76. The minimum Gasteiger partial charge on any atom is -0.457 e. The van der Waals surface area contributed by atoms with Gasteiger partial charge in [0.25, 0.3) is 0 Å². The molecule has 0 aromatic carbocycles. The van der Waals surface area contributed by atoms with Gasteiger partial charge < -0.3 is 24.6 Å². The summed E-state index contributed by atoms with van der Waals surface area (Å²) in [5, 5.41) is 19.3. The molecule has 0 aliphatic heterocycles. The van der Waals surface area contributed by atoms with Crippen molar-refractivity contribution in [3.63, 3.8) is 0 Å². The Hall–Kier alpha value is -1.29. The Bertz CT molecular complexity index is 1140. The lowest BCUT2D eigenvalue weighted by atomic mass is 10.0. The molecule has 0 aromatic rings. The third-order valence-electron chi connectivity index (χ3n) is 13.2. The maximum absolute atomic E-state index is 12.5. The van der Waals surface area contributed by atoms with E-state index in [-0.39, 0.29) is 12.8 Å². The van der Waals surface area contributed by atoms with Gasteiger partial charge in [0, 0.05) is 12.8 Å². The first-order chi connectivity index (χ1) is 33.3. The van der Waals surface area contributed by atoms with Crippen LogP contribution in [0.1, 0.15) is 303 Å². The quantitative estimate of drug-likeness (QED) is 0.0233. The minimum absolute atomic E-state index is 0.194. The van der Waals surface area contributed by atoms with E-state index in [4.69, 9.17) is 18.5 Å². The van der Waals surface area contributed by atoms with Crippen LogP contribution in [0.2, 0.25) is 0 Å². The van der Waals surface area contributed by atoms with Gasteiger partial charge in [-0.25, -0.2) is 4.57 Å². The third-order valence-corrected chi connectivity index (χ3v) is 14.2. The summed E-state index contributed by atoms with van der Waals surface area (Å²) in [6.45, 7) is 2.29. The van der Waals surface area contributed by atoms with Crippen LogP contribution < -0.4 is 0 Å². The van der Waals surface area contributed by atoms with Gasteiger partial charge in [-0.15, -0.1) is 0 Å². The average Bonchev–Trinajstić information content (AvgIpc) is 3.33. The molecule has 0 fully saturated rings. The number of carbonyl (C=O) groups is 2. The summed E-state index contributed by atoms with van der Waals surface area (Å²) in [4.78, 5) is 34.8. The monoisotopic (exact) mass is 987 g/mol. The van der Waals surface area contributed by atoms with Crippen molar-refractivity contribution in [2.45, 2.75) is 315 Å². The zero-order valence-electron chi connectivity index (χ0n) is 44.6.